The average Bonchev–Trinajstić information content (AvgIpc) is 3.04. The van der Waals surface area contributed by atoms with E-state index in [2.05, 4.69) is 4.90 Å². The topological polar surface area (TPSA) is 60.9 Å². The summed E-state index contributed by atoms with van der Waals surface area (Å²) < 4.78 is 27.9. The molecule has 1 unspecified atom stereocenters. The Bertz CT molecular complexity index is 983. The number of fused-ring (bicyclic) bond motifs is 1. The molecule has 7 heteroatoms. The van der Waals surface area contributed by atoms with E-state index in [1.54, 1.807) is 34.3 Å². The number of nitrogens with zero attached hydrogens (tertiary/aromatic N) is 3. The first-order valence-electron chi connectivity index (χ1n) is 9.61. The highest BCUT2D eigenvalue weighted by molar-refractivity contribution is 7.89. The van der Waals surface area contributed by atoms with Gasteiger partial charge in [-0.2, -0.15) is 4.31 Å². The van der Waals surface area contributed by atoms with Crippen LogP contribution in [0.2, 0.25) is 0 Å². The third kappa shape index (κ3) is 3.29. The van der Waals surface area contributed by atoms with E-state index in [0.29, 0.717) is 37.5 Å². The van der Waals surface area contributed by atoms with Crippen LogP contribution in [0.15, 0.2) is 53.4 Å². The lowest BCUT2D eigenvalue weighted by atomic mass is 10.1. The second-order valence-corrected chi connectivity index (χ2v) is 9.40. The van der Waals surface area contributed by atoms with Crippen molar-refractivity contribution in [2.75, 3.05) is 36.0 Å². The number of carbonyl (C=O) groups is 1. The van der Waals surface area contributed by atoms with Crippen LogP contribution in [0.4, 0.5) is 11.4 Å². The second-order valence-electron chi connectivity index (χ2n) is 7.46. The van der Waals surface area contributed by atoms with Crippen molar-refractivity contribution in [1.29, 1.82) is 0 Å². The average molecular weight is 400 g/mol. The standard InChI is InChI=1S/C21H25N3O3S/c1-16-14-18-15-20(8-9-21(18)24(16)17(2)25)28(26,27)23-12-10-22(11-13-23)19-6-4-3-5-7-19/h3-9,15-16H,10-14H2,1-2H3. The molecule has 0 spiro atoms. The predicted octanol–water partition coefficient (Wildman–Crippen LogP) is 2.50. The van der Waals surface area contributed by atoms with Crippen molar-refractivity contribution < 1.29 is 13.2 Å². The van der Waals surface area contributed by atoms with E-state index in [1.807, 2.05) is 37.3 Å². The lowest BCUT2D eigenvalue weighted by Gasteiger charge is -2.35. The van der Waals surface area contributed by atoms with Gasteiger partial charge in [0, 0.05) is 50.5 Å². The van der Waals surface area contributed by atoms with E-state index in [9.17, 15) is 13.2 Å². The second kappa shape index (κ2) is 7.22. The van der Waals surface area contributed by atoms with E-state index in [1.165, 1.54) is 0 Å². The summed E-state index contributed by atoms with van der Waals surface area (Å²) in [6.45, 7) is 5.79. The number of para-hydroxylation sites is 1. The molecule has 4 rings (SSSR count). The van der Waals surface area contributed by atoms with Crippen LogP contribution in [-0.4, -0.2) is 50.9 Å². The number of piperazine rings is 1. The third-order valence-electron chi connectivity index (χ3n) is 5.60. The van der Waals surface area contributed by atoms with E-state index < -0.39 is 10.0 Å². The first kappa shape index (κ1) is 19.0. The maximum atomic E-state index is 13.2. The van der Waals surface area contributed by atoms with Gasteiger partial charge in [0.25, 0.3) is 0 Å². The Kier molecular flexibility index (Phi) is 4.89. The minimum atomic E-state index is -3.54. The SMILES string of the molecule is CC(=O)N1c2ccc(S(=O)(=O)N3CCN(c4ccccc4)CC3)cc2CC1C. The molecule has 2 aliphatic rings. The first-order valence-corrected chi connectivity index (χ1v) is 11.0. The highest BCUT2D eigenvalue weighted by atomic mass is 32.2. The zero-order valence-electron chi connectivity index (χ0n) is 16.2. The Morgan fingerprint density at radius 3 is 2.32 bits per heavy atom. The van der Waals surface area contributed by atoms with Crippen molar-refractivity contribution >= 4 is 27.3 Å². The summed E-state index contributed by atoms with van der Waals surface area (Å²) in [6, 6.07) is 15.3. The summed E-state index contributed by atoms with van der Waals surface area (Å²) in [4.78, 5) is 16.2. The van der Waals surface area contributed by atoms with Crippen molar-refractivity contribution in [3.63, 3.8) is 0 Å². The molecule has 2 aromatic rings. The molecule has 2 aliphatic heterocycles. The summed E-state index contributed by atoms with van der Waals surface area (Å²) in [6.07, 6.45) is 0.681. The monoisotopic (exact) mass is 399 g/mol. The van der Waals surface area contributed by atoms with Gasteiger partial charge < -0.3 is 9.80 Å². The van der Waals surface area contributed by atoms with E-state index in [0.717, 1.165) is 16.9 Å². The number of benzene rings is 2. The Balaban J connectivity index is 1.52. The van der Waals surface area contributed by atoms with Crippen LogP contribution in [0.25, 0.3) is 0 Å². The van der Waals surface area contributed by atoms with Crippen molar-refractivity contribution in [2.45, 2.75) is 31.2 Å². The molecule has 0 radical (unpaired) electrons. The van der Waals surface area contributed by atoms with Crippen molar-refractivity contribution in [2.24, 2.45) is 0 Å². The van der Waals surface area contributed by atoms with Crippen molar-refractivity contribution in [3.8, 4) is 0 Å². The molecular formula is C21H25N3O3S. The summed E-state index contributed by atoms with van der Waals surface area (Å²) in [5.41, 5.74) is 2.87. The summed E-state index contributed by atoms with van der Waals surface area (Å²) >= 11 is 0. The van der Waals surface area contributed by atoms with Crippen LogP contribution in [-0.2, 0) is 21.2 Å². The Morgan fingerprint density at radius 1 is 1.00 bits per heavy atom. The third-order valence-corrected chi connectivity index (χ3v) is 7.50. The van der Waals surface area contributed by atoms with Gasteiger partial charge in [-0.15, -0.1) is 0 Å². The van der Waals surface area contributed by atoms with Crippen LogP contribution >= 0.6 is 0 Å². The number of carbonyl (C=O) groups excluding carboxylic acids is 1. The fraction of sp³-hybridized carbons (Fsp3) is 0.381. The maximum absolute atomic E-state index is 13.2. The van der Waals surface area contributed by atoms with E-state index in [-0.39, 0.29) is 11.9 Å². The molecular weight excluding hydrogens is 374 g/mol. The van der Waals surface area contributed by atoms with Gasteiger partial charge in [0.1, 0.15) is 0 Å². The molecule has 6 nitrogen and oxygen atoms in total. The first-order chi connectivity index (χ1) is 13.4. The molecule has 28 heavy (non-hydrogen) atoms. The highest BCUT2D eigenvalue weighted by Crippen LogP contribution is 2.34. The summed E-state index contributed by atoms with van der Waals surface area (Å²) in [5, 5.41) is 0. The molecule has 2 heterocycles. The number of amides is 1. The number of hydrogen-bond acceptors (Lipinski definition) is 4. The molecule has 148 valence electrons. The fourth-order valence-electron chi connectivity index (χ4n) is 4.22. The van der Waals surface area contributed by atoms with Crippen LogP contribution < -0.4 is 9.80 Å². The van der Waals surface area contributed by atoms with Gasteiger partial charge in [-0.3, -0.25) is 4.79 Å². The van der Waals surface area contributed by atoms with Gasteiger partial charge in [-0.05, 0) is 49.2 Å². The zero-order valence-corrected chi connectivity index (χ0v) is 17.0. The Labute approximate surface area is 166 Å². The number of hydrogen-bond donors (Lipinski definition) is 0. The lowest BCUT2D eigenvalue weighted by Crippen LogP contribution is -2.48. The fourth-order valence-corrected chi connectivity index (χ4v) is 5.70. The minimum absolute atomic E-state index is 0.0149. The molecule has 1 saturated heterocycles. The normalized spacial score (nSPS) is 20.3. The smallest absolute Gasteiger partial charge is 0.243 e. The molecule has 0 N–H and O–H groups in total. The summed E-state index contributed by atoms with van der Waals surface area (Å²) in [7, 11) is -3.54. The number of rotatable bonds is 3. The zero-order chi connectivity index (χ0) is 19.9. The van der Waals surface area contributed by atoms with E-state index in [4.69, 9.17) is 0 Å². The Hall–Kier alpha value is -2.38. The highest BCUT2D eigenvalue weighted by Gasteiger charge is 2.33. The molecule has 1 fully saturated rings. The van der Waals surface area contributed by atoms with Crippen LogP contribution in [0.5, 0.6) is 0 Å². The van der Waals surface area contributed by atoms with Crippen LogP contribution in [0.3, 0.4) is 0 Å². The maximum Gasteiger partial charge on any atom is 0.243 e. The molecule has 0 bridgehead atoms. The number of anilines is 2. The van der Waals surface area contributed by atoms with Gasteiger partial charge >= 0.3 is 0 Å². The molecule has 1 atom stereocenters. The van der Waals surface area contributed by atoms with E-state index >= 15 is 0 Å². The number of sulfonamides is 1. The van der Waals surface area contributed by atoms with Gasteiger partial charge in [0.15, 0.2) is 0 Å². The quantitative estimate of drug-likeness (QED) is 0.796. The molecule has 2 aromatic carbocycles. The Morgan fingerprint density at radius 2 is 1.68 bits per heavy atom. The van der Waals surface area contributed by atoms with Crippen LogP contribution in [0, 0.1) is 0 Å². The molecule has 0 aromatic heterocycles. The van der Waals surface area contributed by atoms with Gasteiger partial charge in [-0.1, -0.05) is 18.2 Å². The van der Waals surface area contributed by atoms with Crippen LogP contribution in [0.1, 0.15) is 19.4 Å². The lowest BCUT2D eigenvalue weighted by molar-refractivity contribution is -0.116. The minimum Gasteiger partial charge on any atom is -0.369 e. The molecule has 0 aliphatic carbocycles. The largest absolute Gasteiger partial charge is 0.369 e. The van der Waals surface area contributed by atoms with Gasteiger partial charge in [0.2, 0.25) is 15.9 Å². The molecule has 1 amide bonds. The van der Waals surface area contributed by atoms with Gasteiger partial charge in [0.05, 0.1) is 4.90 Å². The van der Waals surface area contributed by atoms with Crippen molar-refractivity contribution in [1.82, 2.24) is 4.31 Å². The molecule has 0 saturated carbocycles. The summed E-state index contributed by atoms with van der Waals surface area (Å²) in [5.74, 6) is -0.0149. The van der Waals surface area contributed by atoms with Crippen molar-refractivity contribution in [3.05, 3.63) is 54.1 Å². The van der Waals surface area contributed by atoms with Gasteiger partial charge in [-0.25, -0.2) is 8.42 Å². The predicted molar refractivity (Wildman–Crippen MR) is 110 cm³/mol.